The summed E-state index contributed by atoms with van der Waals surface area (Å²) in [5.41, 5.74) is 0. The quantitative estimate of drug-likeness (QED) is 0.639. The van der Waals surface area contributed by atoms with Crippen molar-refractivity contribution in [3.63, 3.8) is 0 Å². The number of nitrogens with zero attached hydrogens (tertiary/aromatic N) is 4. The maximum absolute atomic E-state index is 8.72. The Balaban J connectivity index is 2.50. The summed E-state index contributed by atoms with van der Waals surface area (Å²) in [5, 5.41) is 17.4. The van der Waals surface area contributed by atoms with Crippen molar-refractivity contribution in [2.24, 2.45) is 0 Å². The van der Waals surface area contributed by atoms with Crippen LogP contribution in [0, 0.1) is 22.7 Å². The minimum Gasteiger partial charge on any atom is -0.288 e. The first-order valence-corrected chi connectivity index (χ1v) is 5.52. The van der Waals surface area contributed by atoms with Gasteiger partial charge in [-0.3, -0.25) is 9.80 Å². The summed E-state index contributed by atoms with van der Waals surface area (Å²) in [6.07, 6.45) is 2.25. The Hall–Kier alpha value is -1.10. The molecule has 0 aromatic heterocycles. The lowest BCUT2D eigenvalue weighted by Gasteiger charge is -2.39. The van der Waals surface area contributed by atoms with Crippen LogP contribution in [0.3, 0.4) is 0 Å². The molecule has 82 valence electrons. The zero-order valence-electron chi connectivity index (χ0n) is 9.32. The Kier molecular flexibility index (Phi) is 5.10. The Labute approximate surface area is 91.7 Å². The largest absolute Gasteiger partial charge is 0.288 e. The smallest absolute Gasteiger partial charge is 0.0869 e. The van der Waals surface area contributed by atoms with Gasteiger partial charge >= 0.3 is 0 Å². The van der Waals surface area contributed by atoms with Crippen LogP contribution in [0.1, 0.15) is 19.8 Å². The molecule has 1 aliphatic rings. The fourth-order valence-corrected chi connectivity index (χ4v) is 2.11. The molecule has 0 aromatic rings. The van der Waals surface area contributed by atoms with Crippen LogP contribution in [-0.2, 0) is 0 Å². The molecule has 0 spiro atoms. The monoisotopic (exact) mass is 206 g/mol. The lowest BCUT2D eigenvalue weighted by atomic mass is 10.1. The van der Waals surface area contributed by atoms with E-state index in [2.05, 4.69) is 28.9 Å². The molecular weight excluding hydrogens is 188 g/mol. The van der Waals surface area contributed by atoms with E-state index in [-0.39, 0.29) is 0 Å². The van der Waals surface area contributed by atoms with E-state index in [1.165, 1.54) is 0 Å². The Bertz CT molecular complexity index is 263. The second-order valence-corrected chi connectivity index (χ2v) is 3.96. The van der Waals surface area contributed by atoms with Gasteiger partial charge in [-0.2, -0.15) is 10.5 Å². The van der Waals surface area contributed by atoms with Crippen LogP contribution in [0.2, 0.25) is 0 Å². The summed E-state index contributed by atoms with van der Waals surface area (Å²) in [4.78, 5) is 4.41. The number of piperazine rings is 1. The molecular formula is C11H18N4. The highest BCUT2D eigenvalue weighted by molar-refractivity contribution is 4.90. The van der Waals surface area contributed by atoms with Gasteiger partial charge in [-0.15, -0.1) is 0 Å². The lowest BCUT2D eigenvalue weighted by molar-refractivity contribution is 0.0882. The number of nitriles is 2. The minimum atomic E-state index is 0.455. The predicted molar refractivity (Wildman–Crippen MR) is 57.9 cm³/mol. The normalized spacial score (nSPS) is 23.3. The van der Waals surface area contributed by atoms with E-state index >= 15 is 0 Å². The van der Waals surface area contributed by atoms with Crippen molar-refractivity contribution in [3.05, 3.63) is 0 Å². The van der Waals surface area contributed by atoms with Gasteiger partial charge in [0.05, 0.1) is 25.2 Å². The lowest BCUT2D eigenvalue weighted by Crippen LogP contribution is -2.53. The van der Waals surface area contributed by atoms with Crippen molar-refractivity contribution < 1.29 is 0 Å². The Morgan fingerprint density at radius 1 is 1.20 bits per heavy atom. The zero-order valence-corrected chi connectivity index (χ0v) is 9.32. The van der Waals surface area contributed by atoms with E-state index in [1.54, 1.807) is 0 Å². The van der Waals surface area contributed by atoms with Gasteiger partial charge in [0.25, 0.3) is 0 Å². The van der Waals surface area contributed by atoms with Crippen molar-refractivity contribution in [2.75, 3.05) is 32.7 Å². The fourth-order valence-electron chi connectivity index (χ4n) is 2.11. The summed E-state index contributed by atoms with van der Waals surface area (Å²) in [6.45, 7) is 5.96. The molecule has 1 aliphatic heterocycles. The molecule has 0 aliphatic carbocycles. The van der Waals surface area contributed by atoms with Crippen LogP contribution in [0.15, 0.2) is 0 Å². The van der Waals surface area contributed by atoms with E-state index in [4.69, 9.17) is 10.5 Å². The average Bonchev–Trinajstić information content (AvgIpc) is 2.23. The van der Waals surface area contributed by atoms with Crippen molar-refractivity contribution in [1.82, 2.24) is 9.80 Å². The van der Waals surface area contributed by atoms with E-state index in [1.807, 2.05) is 0 Å². The van der Waals surface area contributed by atoms with Crippen LogP contribution in [0.25, 0.3) is 0 Å². The first-order valence-electron chi connectivity index (χ1n) is 5.52. The predicted octanol–water partition coefficient (Wildman–Crippen LogP) is 0.820. The summed E-state index contributed by atoms with van der Waals surface area (Å²) < 4.78 is 0. The summed E-state index contributed by atoms with van der Waals surface area (Å²) in [6, 6.07) is 4.86. The molecule has 0 amide bonds. The van der Waals surface area contributed by atoms with Crippen LogP contribution in [0.5, 0.6) is 0 Å². The van der Waals surface area contributed by atoms with Crippen LogP contribution < -0.4 is 0 Å². The molecule has 1 atom stereocenters. The van der Waals surface area contributed by atoms with E-state index in [0.29, 0.717) is 19.1 Å². The second-order valence-electron chi connectivity index (χ2n) is 3.96. The van der Waals surface area contributed by atoms with Crippen molar-refractivity contribution in [1.29, 1.82) is 10.5 Å². The maximum atomic E-state index is 8.72. The van der Waals surface area contributed by atoms with Gasteiger partial charge in [-0.1, -0.05) is 13.3 Å². The Morgan fingerprint density at radius 2 is 1.93 bits per heavy atom. The Morgan fingerprint density at radius 3 is 2.53 bits per heavy atom. The molecule has 1 fully saturated rings. The van der Waals surface area contributed by atoms with Gasteiger partial charge in [0, 0.05) is 25.7 Å². The molecule has 4 nitrogen and oxygen atoms in total. The van der Waals surface area contributed by atoms with Crippen LogP contribution in [-0.4, -0.2) is 48.6 Å². The third kappa shape index (κ3) is 3.51. The van der Waals surface area contributed by atoms with E-state index in [9.17, 15) is 0 Å². The zero-order chi connectivity index (χ0) is 11.1. The molecule has 0 bridgehead atoms. The summed E-state index contributed by atoms with van der Waals surface area (Å²) >= 11 is 0. The highest BCUT2D eigenvalue weighted by atomic mass is 15.3. The van der Waals surface area contributed by atoms with Gasteiger partial charge in [0.2, 0.25) is 0 Å². The van der Waals surface area contributed by atoms with Gasteiger partial charge in [0.1, 0.15) is 0 Å². The SMILES string of the molecule is CCC[C@@H]1CN(CC#N)CCN1CC#N. The van der Waals surface area contributed by atoms with Gasteiger partial charge < -0.3 is 0 Å². The molecule has 0 radical (unpaired) electrons. The fraction of sp³-hybridized carbons (Fsp3) is 0.818. The first kappa shape index (κ1) is 12.0. The average molecular weight is 206 g/mol. The number of rotatable bonds is 4. The van der Waals surface area contributed by atoms with Crippen molar-refractivity contribution in [3.8, 4) is 12.1 Å². The van der Waals surface area contributed by atoms with Gasteiger partial charge in [-0.05, 0) is 6.42 Å². The third-order valence-electron chi connectivity index (χ3n) is 2.88. The number of hydrogen-bond acceptors (Lipinski definition) is 4. The molecule has 1 saturated heterocycles. The third-order valence-corrected chi connectivity index (χ3v) is 2.88. The summed E-state index contributed by atoms with van der Waals surface area (Å²) in [5.74, 6) is 0. The van der Waals surface area contributed by atoms with Crippen LogP contribution >= 0.6 is 0 Å². The highest BCUT2D eigenvalue weighted by Gasteiger charge is 2.25. The van der Waals surface area contributed by atoms with Crippen LogP contribution in [0.4, 0.5) is 0 Å². The molecule has 0 N–H and O–H groups in total. The first-order chi connectivity index (χ1) is 7.31. The summed E-state index contributed by atoms with van der Waals surface area (Å²) in [7, 11) is 0. The number of hydrogen-bond donors (Lipinski definition) is 0. The highest BCUT2D eigenvalue weighted by Crippen LogP contribution is 2.13. The minimum absolute atomic E-state index is 0.455. The molecule has 1 rings (SSSR count). The molecule has 0 saturated carbocycles. The standard InChI is InChI=1S/C11H18N4/c1-2-3-11-10-14(6-4-12)8-9-15(11)7-5-13/h11H,2-3,6-10H2,1H3/t11-/m1/s1. The van der Waals surface area contributed by atoms with E-state index in [0.717, 1.165) is 32.5 Å². The topological polar surface area (TPSA) is 54.1 Å². The van der Waals surface area contributed by atoms with Crippen molar-refractivity contribution in [2.45, 2.75) is 25.8 Å². The maximum Gasteiger partial charge on any atom is 0.0869 e. The van der Waals surface area contributed by atoms with Gasteiger partial charge in [-0.25, -0.2) is 0 Å². The molecule has 4 heteroatoms. The van der Waals surface area contributed by atoms with Crippen molar-refractivity contribution >= 4 is 0 Å². The molecule has 0 unspecified atom stereocenters. The van der Waals surface area contributed by atoms with E-state index < -0.39 is 0 Å². The molecule has 0 aromatic carbocycles. The molecule has 15 heavy (non-hydrogen) atoms. The molecule has 1 heterocycles. The second kappa shape index (κ2) is 6.40. The van der Waals surface area contributed by atoms with Gasteiger partial charge in [0.15, 0.2) is 0 Å².